The number of aliphatic hydroxyl groups is 1. The van der Waals surface area contributed by atoms with E-state index in [1.54, 1.807) is 0 Å². The standard InChI is InChI=1S/C11H21NO/c1-8-5-6-12(7-9(8)2)10(3)11(4)13/h10-11,13H,5-7H2,1-4H3. The molecule has 0 aromatic heterocycles. The Morgan fingerprint density at radius 2 is 1.85 bits per heavy atom. The maximum absolute atomic E-state index is 9.47. The van der Waals surface area contributed by atoms with Crippen LogP contribution in [0.5, 0.6) is 0 Å². The zero-order valence-electron chi connectivity index (χ0n) is 9.17. The van der Waals surface area contributed by atoms with Crippen molar-refractivity contribution in [3.63, 3.8) is 0 Å². The van der Waals surface area contributed by atoms with E-state index in [4.69, 9.17) is 0 Å². The largest absolute Gasteiger partial charge is 0.392 e. The molecule has 0 fully saturated rings. The monoisotopic (exact) mass is 183 g/mol. The fourth-order valence-electron chi connectivity index (χ4n) is 1.70. The summed E-state index contributed by atoms with van der Waals surface area (Å²) < 4.78 is 0. The molecule has 1 N–H and O–H groups in total. The third-order valence-electron chi connectivity index (χ3n) is 3.22. The van der Waals surface area contributed by atoms with Crippen LogP contribution in [0.1, 0.15) is 34.1 Å². The molecule has 0 saturated heterocycles. The first-order valence-electron chi connectivity index (χ1n) is 5.09. The van der Waals surface area contributed by atoms with Crippen molar-refractivity contribution in [2.45, 2.75) is 46.3 Å². The fraction of sp³-hybridized carbons (Fsp3) is 0.818. The van der Waals surface area contributed by atoms with Crippen LogP contribution in [0, 0.1) is 0 Å². The molecule has 0 bridgehead atoms. The van der Waals surface area contributed by atoms with E-state index >= 15 is 0 Å². The first-order chi connectivity index (χ1) is 6.02. The second-order valence-electron chi connectivity index (χ2n) is 4.26. The Morgan fingerprint density at radius 3 is 2.31 bits per heavy atom. The Kier molecular flexibility index (Phi) is 3.51. The lowest BCUT2D eigenvalue weighted by molar-refractivity contribution is 0.0738. The van der Waals surface area contributed by atoms with E-state index in [9.17, 15) is 5.11 Å². The van der Waals surface area contributed by atoms with Crippen LogP contribution in [-0.4, -0.2) is 35.2 Å². The first kappa shape index (κ1) is 10.7. The molecule has 0 aliphatic carbocycles. The topological polar surface area (TPSA) is 23.5 Å². The number of hydrogen-bond donors (Lipinski definition) is 1. The number of aliphatic hydroxyl groups excluding tert-OH is 1. The van der Waals surface area contributed by atoms with Crippen molar-refractivity contribution in [2.75, 3.05) is 13.1 Å². The molecule has 1 rings (SSSR count). The van der Waals surface area contributed by atoms with E-state index < -0.39 is 0 Å². The van der Waals surface area contributed by atoms with E-state index in [-0.39, 0.29) is 12.1 Å². The summed E-state index contributed by atoms with van der Waals surface area (Å²) in [6, 6.07) is 0.281. The summed E-state index contributed by atoms with van der Waals surface area (Å²) in [5.41, 5.74) is 2.99. The maximum atomic E-state index is 9.47. The van der Waals surface area contributed by atoms with Crippen molar-refractivity contribution in [1.29, 1.82) is 0 Å². The second kappa shape index (κ2) is 4.25. The molecular formula is C11H21NO. The van der Waals surface area contributed by atoms with Gasteiger partial charge in [0.05, 0.1) is 6.10 Å². The molecule has 0 amide bonds. The van der Waals surface area contributed by atoms with Crippen molar-refractivity contribution in [2.24, 2.45) is 0 Å². The van der Waals surface area contributed by atoms with Crippen molar-refractivity contribution in [3.8, 4) is 0 Å². The Bertz CT molecular complexity index is 208. The molecule has 2 atom stereocenters. The lowest BCUT2D eigenvalue weighted by Crippen LogP contribution is -2.43. The maximum Gasteiger partial charge on any atom is 0.0664 e. The summed E-state index contributed by atoms with van der Waals surface area (Å²) in [6.45, 7) is 10.5. The fourth-order valence-corrected chi connectivity index (χ4v) is 1.70. The lowest BCUT2D eigenvalue weighted by Gasteiger charge is -2.35. The SMILES string of the molecule is CC1=C(C)CN(C(C)C(C)O)CC1. The van der Waals surface area contributed by atoms with Gasteiger partial charge in [-0.25, -0.2) is 0 Å². The molecule has 0 radical (unpaired) electrons. The van der Waals surface area contributed by atoms with Gasteiger partial charge in [-0.05, 0) is 34.1 Å². The average molecular weight is 183 g/mol. The Labute approximate surface area is 81.2 Å². The molecule has 0 saturated carbocycles. The summed E-state index contributed by atoms with van der Waals surface area (Å²) in [4.78, 5) is 2.35. The highest BCUT2D eigenvalue weighted by atomic mass is 16.3. The molecule has 0 aromatic rings. The Morgan fingerprint density at radius 1 is 1.23 bits per heavy atom. The van der Waals surface area contributed by atoms with Gasteiger partial charge in [-0.1, -0.05) is 11.1 Å². The number of nitrogens with zero attached hydrogens (tertiary/aromatic N) is 1. The number of hydrogen-bond acceptors (Lipinski definition) is 2. The van der Waals surface area contributed by atoms with E-state index in [2.05, 4.69) is 25.7 Å². The molecular weight excluding hydrogens is 162 g/mol. The zero-order chi connectivity index (χ0) is 10.0. The molecule has 1 aliphatic heterocycles. The Balaban J connectivity index is 2.58. The summed E-state index contributed by atoms with van der Waals surface area (Å²) in [5, 5.41) is 9.47. The second-order valence-corrected chi connectivity index (χ2v) is 4.26. The van der Waals surface area contributed by atoms with Gasteiger partial charge in [-0.2, -0.15) is 0 Å². The van der Waals surface area contributed by atoms with Crippen LogP contribution < -0.4 is 0 Å². The minimum atomic E-state index is -0.230. The zero-order valence-corrected chi connectivity index (χ0v) is 9.17. The first-order valence-corrected chi connectivity index (χ1v) is 5.09. The molecule has 2 unspecified atom stereocenters. The van der Waals surface area contributed by atoms with Crippen molar-refractivity contribution in [1.82, 2.24) is 4.90 Å². The van der Waals surface area contributed by atoms with E-state index in [1.807, 2.05) is 6.92 Å². The predicted octanol–water partition coefficient (Wildman–Crippen LogP) is 1.80. The summed E-state index contributed by atoms with van der Waals surface area (Å²) >= 11 is 0. The van der Waals surface area contributed by atoms with E-state index in [0.717, 1.165) is 19.5 Å². The van der Waals surface area contributed by atoms with E-state index in [0.29, 0.717) is 0 Å². The normalized spacial score (nSPS) is 24.7. The molecule has 1 heterocycles. The van der Waals surface area contributed by atoms with Gasteiger partial charge in [-0.15, -0.1) is 0 Å². The molecule has 76 valence electrons. The molecule has 1 aliphatic rings. The van der Waals surface area contributed by atoms with E-state index in [1.165, 1.54) is 11.1 Å². The van der Waals surface area contributed by atoms with Crippen molar-refractivity contribution in [3.05, 3.63) is 11.1 Å². The molecule has 0 aromatic carbocycles. The van der Waals surface area contributed by atoms with Gasteiger partial charge in [0.1, 0.15) is 0 Å². The summed E-state index contributed by atoms with van der Waals surface area (Å²) in [5.74, 6) is 0. The summed E-state index contributed by atoms with van der Waals surface area (Å²) in [7, 11) is 0. The third kappa shape index (κ3) is 2.55. The minimum absolute atomic E-state index is 0.230. The van der Waals surface area contributed by atoms with Crippen LogP contribution in [0.25, 0.3) is 0 Å². The molecule has 2 nitrogen and oxygen atoms in total. The van der Waals surface area contributed by atoms with Gasteiger partial charge in [0, 0.05) is 19.1 Å². The predicted molar refractivity (Wildman–Crippen MR) is 55.7 cm³/mol. The van der Waals surface area contributed by atoms with Crippen LogP contribution in [0.4, 0.5) is 0 Å². The van der Waals surface area contributed by atoms with Crippen LogP contribution in [0.3, 0.4) is 0 Å². The quantitative estimate of drug-likeness (QED) is 0.660. The van der Waals surface area contributed by atoms with Crippen LogP contribution in [-0.2, 0) is 0 Å². The van der Waals surface area contributed by atoms with Gasteiger partial charge >= 0.3 is 0 Å². The van der Waals surface area contributed by atoms with Gasteiger partial charge in [0.2, 0.25) is 0 Å². The lowest BCUT2D eigenvalue weighted by atomic mass is 10.0. The molecule has 2 heteroatoms. The third-order valence-corrected chi connectivity index (χ3v) is 3.22. The average Bonchev–Trinajstić information content (AvgIpc) is 2.08. The Hall–Kier alpha value is -0.340. The van der Waals surface area contributed by atoms with Crippen LogP contribution in [0.2, 0.25) is 0 Å². The van der Waals surface area contributed by atoms with Crippen LogP contribution in [0.15, 0.2) is 11.1 Å². The molecule has 13 heavy (non-hydrogen) atoms. The minimum Gasteiger partial charge on any atom is -0.392 e. The highest BCUT2D eigenvalue weighted by Crippen LogP contribution is 2.19. The van der Waals surface area contributed by atoms with Gasteiger partial charge < -0.3 is 5.11 Å². The highest BCUT2D eigenvalue weighted by Gasteiger charge is 2.21. The molecule has 0 spiro atoms. The van der Waals surface area contributed by atoms with Crippen molar-refractivity contribution >= 4 is 0 Å². The van der Waals surface area contributed by atoms with Crippen LogP contribution >= 0.6 is 0 Å². The smallest absolute Gasteiger partial charge is 0.0664 e. The highest BCUT2D eigenvalue weighted by molar-refractivity contribution is 5.15. The van der Waals surface area contributed by atoms with Gasteiger partial charge in [-0.3, -0.25) is 4.90 Å². The van der Waals surface area contributed by atoms with Gasteiger partial charge in [0.25, 0.3) is 0 Å². The summed E-state index contributed by atoms with van der Waals surface area (Å²) in [6.07, 6.45) is 0.925. The number of rotatable bonds is 2. The van der Waals surface area contributed by atoms with Crippen molar-refractivity contribution < 1.29 is 5.11 Å². The van der Waals surface area contributed by atoms with Gasteiger partial charge in [0.15, 0.2) is 0 Å².